The van der Waals surface area contributed by atoms with E-state index in [9.17, 15) is 18.3 Å². The highest BCUT2D eigenvalue weighted by molar-refractivity contribution is 6.09. The number of alkyl halides is 3. The summed E-state index contributed by atoms with van der Waals surface area (Å²) in [6.45, 7) is 3.82. The summed E-state index contributed by atoms with van der Waals surface area (Å²) in [6.07, 6.45) is -1.37. The lowest BCUT2D eigenvalue weighted by molar-refractivity contribution is -0.170. The molecule has 3 rings (SSSR count). The van der Waals surface area contributed by atoms with Gasteiger partial charge in [-0.05, 0) is 24.8 Å². The normalized spacial score (nSPS) is 13.6. The van der Waals surface area contributed by atoms with Gasteiger partial charge in [0.05, 0.1) is 28.0 Å². The quantitative estimate of drug-likeness (QED) is 0.667. The van der Waals surface area contributed by atoms with Gasteiger partial charge in [-0.3, -0.25) is 0 Å². The summed E-state index contributed by atoms with van der Waals surface area (Å²) in [5.74, 6) is -1.31. The summed E-state index contributed by atoms with van der Waals surface area (Å²) >= 11 is 0. The van der Waals surface area contributed by atoms with Gasteiger partial charge in [0.15, 0.2) is 0 Å². The molecule has 26 heavy (non-hydrogen) atoms. The molecular formula is C19H22F3N3O. The van der Waals surface area contributed by atoms with Crippen LogP contribution in [0.15, 0.2) is 24.4 Å². The zero-order chi connectivity index (χ0) is 19.1. The molecule has 2 heterocycles. The van der Waals surface area contributed by atoms with Crippen LogP contribution < -0.4 is 5.73 Å². The Labute approximate surface area is 149 Å². The number of nitrogens with two attached hydrogens (primary N) is 1. The molecule has 3 N–H and O–H groups in total. The van der Waals surface area contributed by atoms with Crippen LogP contribution >= 0.6 is 0 Å². The highest BCUT2D eigenvalue weighted by atomic mass is 19.4. The molecule has 0 radical (unpaired) electrons. The third kappa shape index (κ3) is 3.18. The Hall–Kier alpha value is -2.44. The lowest BCUT2D eigenvalue weighted by Crippen LogP contribution is -2.20. The van der Waals surface area contributed by atoms with E-state index in [-0.39, 0.29) is 18.7 Å². The third-order valence-corrected chi connectivity index (χ3v) is 4.81. The van der Waals surface area contributed by atoms with Crippen LogP contribution in [0.3, 0.4) is 0 Å². The molecule has 1 aromatic carbocycles. The number of benzene rings is 1. The summed E-state index contributed by atoms with van der Waals surface area (Å²) < 4.78 is 40.1. The van der Waals surface area contributed by atoms with E-state index in [2.05, 4.69) is 4.98 Å². The number of pyridine rings is 1. The number of rotatable bonds is 5. The van der Waals surface area contributed by atoms with Gasteiger partial charge in [-0.15, -0.1) is 0 Å². The van der Waals surface area contributed by atoms with Crippen molar-refractivity contribution in [3.05, 3.63) is 30.0 Å². The minimum atomic E-state index is -4.20. The zero-order valence-corrected chi connectivity index (χ0v) is 14.8. The predicted octanol–water partition coefficient (Wildman–Crippen LogP) is 5.02. The van der Waals surface area contributed by atoms with Gasteiger partial charge in [0.25, 0.3) is 0 Å². The van der Waals surface area contributed by atoms with Gasteiger partial charge in [-0.2, -0.15) is 13.2 Å². The van der Waals surface area contributed by atoms with Crippen molar-refractivity contribution in [2.24, 2.45) is 5.92 Å². The molecule has 0 saturated heterocycles. The SMILES string of the molecule is CCCn1cc2nc3c(CCC(C)C(F)(F)F)cccc3c(N)c2c1O. The first-order valence-electron chi connectivity index (χ1n) is 8.69. The first-order chi connectivity index (χ1) is 12.2. The third-order valence-electron chi connectivity index (χ3n) is 4.81. The van der Waals surface area contributed by atoms with Crippen molar-refractivity contribution in [1.82, 2.24) is 9.55 Å². The van der Waals surface area contributed by atoms with E-state index in [1.54, 1.807) is 29.0 Å². The van der Waals surface area contributed by atoms with Gasteiger partial charge in [-0.25, -0.2) is 4.98 Å². The largest absolute Gasteiger partial charge is 0.494 e. The van der Waals surface area contributed by atoms with Crippen LogP contribution in [0.5, 0.6) is 5.88 Å². The van der Waals surface area contributed by atoms with Crippen molar-refractivity contribution in [1.29, 1.82) is 0 Å². The Morgan fingerprint density at radius 3 is 2.69 bits per heavy atom. The van der Waals surface area contributed by atoms with Gasteiger partial charge >= 0.3 is 6.18 Å². The monoisotopic (exact) mass is 365 g/mol. The number of aromatic nitrogens is 2. The van der Waals surface area contributed by atoms with E-state index >= 15 is 0 Å². The maximum absolute atomic E-state index is 12.8. The van der Waals surface area contributed by atoms with E-state index in [1.807, 2.05) is 6.92 Å². The molecule has 7 heteroatoms. The number of halogens is 3. The number of aryl methyl sites for hydroxylation is 2. The van der Waals surface area contributed by atoms with Gasteiger partial charge in [0.1, 0.15) is 0 Å². The van der Waals surface area contributed by atoms with Crippen molar-refractivity contribution in [2.75, 3.05) is 5.73 Å². The highest BCUT2D eigenvalue weighted by Crippen LogP contribution is 2.37. The number of hydrogen-bond acceptors (Lipinski definition) is 3. The van der Waals surface area contributed by atoms with Crippen molar-refractivity contribution in [2.45, 2.75) is 45.8 Å². The lowest BCUT2D eigenvalue weighted by atomic mass is 9.98. The molecule has 3 aromatic rings. The second-order valence-electron chi connectivity index (χ2n) is 6.73. The smallest absolute Gasteiger partial charge is 0.391 e. The molecule has 0 saturated carbocycles. The number of nitrogens with zero attached hydrogens (tertiary/aromatic N) is 2. The molecular weight excluding hydrogens is 343 g/mol. The molecule has 1 atom stereocenters. The number of anilines is 1. The average molecular weight is 365 g/mol. The maximum Gasteiger partial charge on any atom is 0.391 e. The summed E-state index contributed by atoms with van der Waals surface area (Å²) in [5, 5.41) is 11.6. The minimum absolute atomic E-state index is 0.00959. The Bertz CT molecular complexity index is 947. The number of fused-ring (bicyclic) bond motifs is 2. The molecule has 1 unspecified atom stereocenters. The molecule has 0 aliphatic heterocycles. The number of hydrogen-bond donors (Lipinski definition) is 2. The van der Waals surface area contributed by atoms with Gasteiger partial charge in [0.2, 0.25) is 5.88 Å². The standard InChI is InChI=1S/C19H22F3N3O/c1-3-9-25-10-14-15(18(25)26)16(23)13-6-4-5-12(17(13)24-14)8-7-11(2)19(20,21)22/h4-6,10-11,26H,3,7-9,23H2,1-2H3. The molecule has 0 bridgehead atoms. The topological polar surface area (TPSA) is 64.1 Å². The molecule has 0 fully saturated rings. The van der Waals surface area contributed by atoms with Crippen molar-refractivity contribution < 1.29 is 18.3 Å². The minimum Gasteiger partial charge on any atom is -0.494 e. The Morgan fingerprint density at radius 1 is 1.31 bits per heavy atom. The van der Waals surface area contributed by atoms with Crippen LogP contribution in [0.2, 0.25) is 0 Å². The molecule has 2 aromatic heterocycles. The second kappa shape index (κ2) is 6.70. The van der Waals surface area contributed by atoms with Crippen molar-refractivity contribution in [3.8, 4) is 5.88 Å². The Morgan fingerprint density at radius 2 is 2.04 bits per heavy atom. The molecule has 4 nitrogen and oxygen atoms in total. The summed E-state index contributed by atoms with van der Waals surface area (Å²) in [6, 6.07) is 5.33. The fraction of sp³-hybridized carbons (Fsp3) is 0.421. The molecule has 0 aliphatic carbocycles. The predicted molar refractivity (Wildman–Crippen MR) is 97.1 cm³/mol. The van der Waals surface area contributed by atoms with Crippen molar-refractivity contribution in [3.63, 3.8) is 0 Å². The highest BCUT2D eigenvalue weighted by Gasteiger charge is 2.35. The van der Waals surface area contributed by atoms with Crippen LogP contribution in [0, 0.1) is 5.92 Å². The van der Waals surface area contributed by atoms with Gasteiger partial charge < -0.3 is 15.4 Å². The summed E-state index contributed by atoms with van der Waals surface area (Å²) in [4.78, 5) is 4.60. The van der Waals surface area contributed by atoms with E-state index < -0.39 is 12.1 Å². The number of nitrogen functional groups attached to an aromatic ring is 1. The summed E-state index contributed by atoms with van der Waals surface area (Å²) in [5.41, 5.74) is 8.55. The first-order valence-corrected chi connectivity index (χ1v) is 8.69. The molecule has 0 spiro atoms. The van der Waals surface area contributed by atoms with E-state index in [0.717, 1.165) is 12.0 Å². The molecule has 140 valence electrons. The fourth-order valence-electron chi connectivity index (χ4n) is 3.22. The van der Waals surface area contributed by atoms with Crippen molar-refractivity contribution >= 4 is 27.5 Å². The molecule has 0 aliphatic rings. The van der Waals surface area contributed by atoms with Crippen LogP contribution in [-0.4, -0.2) is 20.8 Å². The van der Waals surface area contributed by atoms with Crippen LogP contribution in [0.25, 0.3) is 21.8 Å². The fourth-order valence-corrected chi connectivity index (χ4v) is 3.22. The lowest BCUT2D eigenvalue weighted by Gasteiger charge is -2.16. The van der Waals surface area contributed by atoms with Gasteiger partial charge in [0, 0.05) is 18.1 Å². The number of aromatic hydroxyl groups is 1. The van der Waals surface area contributed by atoms with E-state index in [4.69, 9.17) is 5.73 Å². The number of para-hydroxylation sites is 1. The van der Waals surface area contributed by atoms with Crippen LogP contribution in [-0.2, 0) is 13.0 Å². The maximum atomic E-state index is 12.8. The zero-order valence-electron chi connectivity index (χ0n) is 14.8. The first kappa shape index (κ1) is 18.4. The summed E-state index contributed by atoms with van der Waals surface area (Å²) in [7, 11) is 0. The second-order valence-corrected chi connectivity index (χ2v) is 6.73. The van der Waals surface area contributed by atoms with Crippen LogP contribution in [0.4, 0.5) is 18.9 Å². The van der Waals surface area contributed by atoms with Crippen LogP contribution in [0.1, 0.15) is 32.3 Å². The van der Waals surface area contributed by atoms with E-state index in [0.29, 0.717) is 34.0 Å². The Kier molecular flexibility index (Phi) is 4.73. The van der Waals surface area contributed by atoms with Gasteiger partial charge in [-0.1, -0.05) is 32.0 Å². The Balaban J connectivity index is 2.08. The van der Waals surface area contributed by atoms with E-state index in [1.165, 1.54) is 6.92 Å². The average Bonchev–Trinajstić information content (AvgIpc) is 2.88. The molecule has 0 amide bonds.